The van der Waals surface area contributed by atoms with Gasteiger partial charge in [-0.25, -0.2) is 4.98 Å². The molecule has 1 heterocycles. The number of nitrogens with zero attached hydrogens (tertiary/aromatic N) is 1. The molecule has 0 unspecified atom stereocenters. The number of aromatic nitrogens is 1. The number of pyridine rings is 1. The molecule has 1 nitrogen and oxygen atoms in total. The average Bonchev–Trinajstić information content (AvgIpc) is 3.13. The molecule has 0 saturated heterocycles. The van der Waals surface area contributed by atoms with Crippen molar-refractivity contribution in [1.29, 1.82) is 0 Å². The van der Waals surface area contributed by atoms with Gasteiger partial charge in [0, 0.05) is 16.2 Å². The molecule has 0 spiro atoms. The Hall–Kier alpha value is -6.05. The van der Waals surface area contributed by atoms with Gasteiger partial charge in [0.25, 0.3) is 0 Å². The Kier molecular flexibility index (Phi) is 6.21. The Morgan fingerprint density at radius 3 is 1.46 bits per heavy atom. The zero-order valence-corrected chi connectivity index (χ0v) is 25.2. The van der Waals surface area contributed by atoms with E-state index in [1.165, 1.54) is 76.5 Å². The number of benzene rings is 8. The maximum atomic E-state index is 5.18. The van der Waals surface area contributed by atoms with E-state index in [-0.39, 0.29) is 0 Å². The molecule has 1 aromatic heterocycles. The summed E-state index contributed by atoms with van der Waals surface area (Å²) in [5, 5.41) is 8.61. The van der Waals surface area contributed by atoms with E-state index in [0.29, 0.717) is 0 Å². The smallest absolute Gasteiger partial charge is 0.0722 e. The lowest BCUT2D eigenvalue weighted by molar-refractivity contribution is 1.50. The van der Waals surface area contributed by atoms with Crippen molar-refractivity contribution in [1.82, 2.24) is 4.98 Å². The van der Waals surface area contributed by atoms with Crippen LogP contribution in [-0.4, -0.2) is 4.98 Å². The van der Waals surface area contributed by atoms with Gasteiger partial charge in [-0.3, -0.25) is 0 Å². The summed E-state index contributed by atoms with van der Waals surface area (Å²) in [6, 6.07) is 63.4. The second-order valence-corrected chi connectivity index (χ2v) is 11.9. The van der Waals surface area contributed by atoms with Crippen molar-refractivity contribution < 1.29 is 0 Å². The van der Waals surface area contributed by atoms with Gasteiger partial charge >= 0.3 is 0 Å². The van der Waals surface area contributed by atoms with Gasteiger partial charge < -0.3 is 0 Å². The van der Waals surface area contributed by atoms with Crippen molar-refractivity contribution in [2.24, 2.45) is 0 Å². The largest absolute Gasteiger partial charge is 0.248 e. The number of hydrogen-bond donors (Lipinski definition) is 0. The molecule has 0 aliphatic heterocycles. The SMILES string of the molecule is c1ccc(-c2cccc(C(c3cccc(-c4ccccc4)c3)=c3c4ccccc4c4c5ccccc5nc5cccc3c54)c2)cc1. The average molecular weight is 584 g/mol. The normalized spacial score (nSPS) is 11.5. The predicted molar refractivity (Wildman–Crippen MR) is 195 cm³/mol. The zero-order chi connectivity index (χ0) is 30.5. The highest BCUT2D eigenvalue weighted by molar-refractivity contribution is 6.29. The maximum absolute atomic E-state index is 5.18. The minimum absolute atomic E-state index is 1.02. The van der Waals surface area contributed by atoms with Crippen molar-refractivity contribution in [3.8, 4) is 22.3 Å². The van der Waals surface area contributed by atoms with E-state index < -0.39 is 0 Å². The molecule has 46 heavy (non-hydrogen) atoms. The van der Waals surface area contributed by atoms with Crippen molar-refractivity contribution in [3.05, 3.63) is 192 Å². The van der Waals surface area contributed by atoms with E-state index >= 15 is 0 Å². The van der Waals surface area contributed by atoms with Gasteiger partial charge in [-0.05, 0) is 84.6 Å². The molecule has 0 aliphatic carbocycles. The highest BCUT2D eigenvalue weighted by atomic mass is 14.7. The van der Waals surface area contributed by atoms with Crippen LogP contribution < -0.4 is 5.22 Å². The summed E-state index contributed by atoms with van der Waals surface area (Å²) in [6.07, 6.45) is 0. The van der Waals surface area contributed by atoms with Crippen molar-refractivity contribution in [3.63, 3.8) is 0 Å². The Morgan fingerprint density at radius 1 is 0.326 bits per heavy atom. The van der Waals surface area contributed by atoms with Crippen molar-refractivity contribution in [2.45, 2.75) is 0 Å². The molecule has 0 aliphatic rings. The van der Waals surface area contributed by atoms with Crippen LogP contribution in [0.25, 0.3) is 71.2 Å². The standard InChI is InChI=1S/C45H29N/c1-3-14-30(15-4-1)32-18-11-20-34(28-32)42(35-21-12-19-33(29-35)31-16-5-2-6-17-31)44-37-23-8-7-22-36(37)43-38-24-9-10-26-40(38)46-41-27-13-25-39(44)45(41)43/h1-29H. The van der Waals surface area contributed by atoms with Gasteiger partial charge in [-0.1, -0.05) is 152 Å². The van der Waals surface area contributed by atoms with Gasteiger partial charge in [0.2, 0.25) is 0 Å². The molecule has 0 bridgehead atoms. The highest BCUT2D eigenvalue weighted by Gasteiger charge is 2.18. The van der Waals surface area contributed by atoms with E-state index in [2.05, 4.69) is 176 Å². The molecular formula is C45H29N. The summed E-state index contributed by atoms with van der Waals surface area (Å²) in [4.78, 5) is 5.18. The fourth-order valence-corrected chi connectivity index (χ4v) is 7.19. The number of fused-ring (bicyclic) bond motifs is 4. The topological polar surface area (TPSA) is 12.9 Å². The Labute approximate surface area is 267 Å². The lowest BCUT2D eigenvalue weighted by Gasteiger charge is -2.18. The third-order valence-corrected chi connectivity index (χ3v) is 9.21. The van der Waals surface area contributed by atoms with Gasteiger partial charge in [-0.15, -0.1) is 0 Å². The zero-order valence-electron chi connectivity index (χ0n) is 25.2. The van der Waals surface area contributed by atoms with Crippen LogP contribution in [0.5, 0.6) is 0 Å². The first-order valence-electron chi connectivity index (χ1n) is 15.8. The molecule has 0 radical (unpaired) electrons. The lowest BCUT2D eigenvalue weighted by atomic mass is 9.86. The second kappa shape index (κ2) is 10.8. The van der Waals surface area contributed by atoms with Crippen LogP contribution in [0.15, 0.2) is 176 Å². The van der Waals surface area contributed by atoms with Crippen LogP contribution in [0.3, 0.4) is 0 Å². The minimum atomic E-state index is 1.02. The summed E-state index contributed by atoms with van der Waals surface area (Å²) < 4.78 is 0. The van der Waals surface area contributed by atoms with E-state index in [4.69, 9.17) is 4.98 Å². The maximum Gasteiger partial charge on any atom is 0.0722 e. The molecule has 9 rings (SSSR count). The first-order chi connectivity index (χ1) is 22.8. The Bertz CT molecular complexity index is 2530. The molecule has 8 aromatic carbocycles. The molecule has 0 saturated carbocycles. The van der Waals surface area contributed by atoms with E-state index in [0.717, 1.165) is 11.0 Å². The van der Waals surface area contributed by atoms with Gasteiger partial charge in [0.15, 0.2) is 0 Å². The first kappa shape index (κ1) is 26.4. The summed E-state index contributed by atoms with van der Waals surface area (Å²) in [5.41, 5.74) is 10.4. The number of hydrogen-bond acceptors (Lipinski definition) is 1. The van der Waals surface area contributed by atoms with Gasteiger partial charge in [0.1, 0.15) is 0 Å². The molecule has 0 atom stereocenters. The fraction of sp³-hybridized carbons (Fsp3) is 0. The van der Waals surface area contributed by atoms with Gasteiger partial charge in [-0.2, -0.15) is 0 Å². The molecule has 9 aromatic rings. The van der Waals surface area contributed by atoms with E-state index in [1.807, 2.05) is 0 Å². The van der Waals surface area contributed by atoms with Gasteiger partial charge in [0.05, 0.1) is 11.0 Å². The molecule has 0 N–H and O–H groups in total. The van der Waals surface area contributed by atoms with Crippen LogP contribution in [-0.2, 0) is 0 Å². The Morgan fingerprint density at radius 2 is 0.804 bits per heavy atom. The summed E-state index contributed by atoms with van der Waals surface area (Å²) in [5.74, 6) is 0. The monoisotopic (exact) mass is 583 g/mol. The second-order valence-electron chi connectivity index (χ2n) is 11.9. The first-order valence-corrected chi connectivity index (χ1v) is 15.8. The fourth-order valence-electron chi connectivity index (χ4n) is 7.19. The quantitative estimate of drug-likeness (QED) is 0.148. The lowest BCUT2D eigenvalue weighted by Crippen LogP contribution is -2.13. The van der Waals surface area contributed by atoms with Crippen LogP contribution >= 0.6 is 0 Å². The molecule has 1 heteroatoms. The third kappa shape index (κ3) is 4.29. The molecule has 214 valence electrons. The van der Waals surface area contributed by atoms with Crippen molar-refractivity contribution in [2.75, 3.05) is 0 Å². The van der Waals surface area contributed by atoms with Crippen LogP contribution in [0, 0.1) is 0 Å². The minimum Gasteiger partial charge on any atom is -0.248 e. The molecular weight excluding hydrogens is 555 g/mol. The number of rotatable bonds is 4. The highest BCUT2D eigenvalue weighted by Crippen LogP contribution is 2.37. The summed E-state index contributed by atoms with van der Waals surface area (Å²) in [6.45, 7) is 0. The summed E-state index contributed by atoms with van der Waals surface area (Å²) >= 11 is 0. The van der Waals surface area contributed by atoms with Crippen LogP contribution in [0.1, 0.15) is 11.1 Å². The summed E-state index contributed by atoms with van der Waals surface area (Å²) in [7, 11) is 0. The molecule has 0 fully saturated rings. The molecule has 0 amide bonds. The van der Waals surface area contributed by atoms with Crippen LogP contribution in [0.4, 0.5) is 0 Å². The van der Waals surface area contributed by atoms with Crippen molar-refractivity contribution >= 4 is 48.9 Å². The number of para-hydroxylation sites is 1. The van der Waals surface area contributed by atoms with E-state index in [9.17, 15) is 0 Å². The van der Waals surface area contributed by atoms with E-state index in [1.54, 1.807) is 0 Å². The Balaban J connectivity index is 1.49. The third-order valence-electron chi connectivity index (χ3n) is 9.21. The van der Waals surface area contributed by atoms with Crippen LogP contribution in [0.2, 0.25) is 0 Å². The predicted octanol–water partition coefficient (Wildman–Crippen LogP) is 11.0.